The van der Waals surface area contributed by atoms with Gasteiger partial charge in [0.25, 0.3) is 11.8 Å². The van der Waals surface area contributed by atoms with Gasteiger partial charge in [-0.1, -0.05) is 79.0 Å². The number of ether oxygens (including phenoxy) is 3. The summed E-state index contributed by atoms with van der Waals surface area (Å²) in [6.45, 7) is 19.6. The molecule has 0 bridgehead atoms. The van der Waals surface area contributed by atoms with Gasteiger partial charge in [-0.05, 0) is 140 Å². The van der Waals surface area contributed by atoms with Gasteiger partial charge in [0.15, 0.2) is 0 Å². The Kier molecular flexibility index (Phi) is 15.1. The maximum absolute atomic E-state index is 14.6. The molecule has 1 unspecified atom stereocenters. The number of benzene rings is 1. The third kappa shape index (κ3) is 9.15. The molecule has 0 radical (unpaired) electrons. The van der Waals surface area contributed by atoms with Crippen LogP contribution in [0.15, 0.2) is 29.8 Å². The zero-order valence-corrected chi connectivity index (χ0v) is 42.5. The average Bonchev–Trinajstić information content (AvgIpc) is 3.56. The summed E-state index contributed by atoms with van der Waals surface area (Å²) in [5.41, 5.74) is 1.88. The summed E-state index contributed by atoms with van der Waals surface area (Å²) in [5.74, 6) is -0.304. The Bertz CT molecular complexity index is 2190. The van der Waals surface area contributed by atoms with Gasteiger partial charge in [0.2, 0.25) is 23.6 Å². The number of nitrogens with one attached hydrogen (secondary N) is 3. The highest BCUT2D eigenvalue weighted by atomic mass is 16.5. The predicted molar refractivity (Wildman–Crippen MR) is 261 cm³/mol. The number of unbranched alkanes of at least 4 members (excludes halogenated alkanes) is 3. The highest BCUT2D eigenvalue weighted by Gasteiger charge is 2.69. The maximum Gasteiger partial charge on any atom is 0.264 e. The van der Waals surface area contributed by atoms with Crippen molar-refractivity contribution in [3.63, 3.8) is 0 Å². The first-order valence-corrected chi connectivity index (χ1v) is 26.4. The number of aliphatic hydroxyl groups excluding tert-OH is 1. The summed E-state index contributed by atoms with van der Waals surface area (Å²) in [5, 5.41) is 19.4. The van der Waals surface area contributed by atoms with Gasteiger partial charge in [-0.25, -0.2) is 0 Å². The van der Waals surface area contributed by atoms with Crippen LogP contribution in [0, 0.1) is 56.7 Å². The van der Waals surface area contributed by atoms with E-state index in [1.165, 1.54) is 25.0 Å². The van der Waals surface area contributed by atoms with Crippen molar-refractivity contribution in [1.82, 2.24) is 15.5 Å². The molecule has 6 amide bonds. The molecular formula is C55H80N4O10. The summed E-state index contributed by atoms with van der Waals surface area (Å²) >= 11 is 0. The molecule has 14 nitrogen and oxygen atoms in total. The molecule has 7 aliphatic rings. The van der Waals surface area contributed by atoms with Crippen LogP contribution in [0.25, 0.3) is 0 Å². The van der Waals surface area contributed by atoms with Crippen LogP contribution in [0.4, 0.5) is 5.69 Å². The van der Waals surface area contributed by atoms with Gasteiger partial charge >= 0.3 is 0 Å². The monoisotopic (exact) mass is 957 g/mol. The summed E-state index contributed by atoms with van der Waals surface area (Å²) in [7, 11) is 0. The maximum atomic E-state index is 14.6. The number of fused-ring (bicyclic) bond motifs is 8. The van der Waals surface area contributed by atoms with E-state index in [1.54, 1.807) is 11.6 Å². The molecule has 0 aromatic heterocycles. The molecule has 4 N–H and O–H groups in total. The molecule has 1 aromatic carbocycles. The number of piperidine rings is 1. The second kappa shape index (κ2) is 20.3. The molecule has 4 saturated carbocycles. The van der Waals surface area contributed by atoms with Crippen LogP contribution in [-0.4, -0.2) is 104 Å². The molecule has 2 heterocycles. The number of nitrogens with zero attached hydrogens (tertiary/aromatic N) is 1. The van der Waals surface area contributed by atoms with Crippen molar-refractivity contribution in [2.75, 3.05) is 51.5 Å². The van der Waals surface area contributed by atoms with Crippen molar-refractivity contribution in [3.8, 4) is 0 Å². The van der Waals surface area contributed by atoms with Crippen molar-refractivity contribution in [3.05, 3.63) is 41.0 Å². The van der Waals surface area contributed by atoms with Crippen LogP contribution in [-0.2, 0) is 33.4 Å². The first-order valence-electron chi connectivity index (χ1n) is 26.4. The lowest BCUT2D eigenvalue weighted by molar-refractivity contribution is -0.204. The topological polar surface area (TPSA) is 190 Å². The first kappa shape index (κ1) is 51.4. The number of amides is 6. The smallest absolute Gasteiger partial charge is 0.264 e. The highest BCUT2D eigenvalue weighted by molar-refractivity contribution is 6.26. The SMILES string of the molecule is C[C@H]1[C@H](C)CC[C@]2(C(=O)NCCCCCCOCCOCCOCC(=O)Nc3cccc4c3C(=O)N(C3CCC(=O)NC3=O)C4=O)CC[C@]3(C)C(=CC[C@@H]4[C@@]5(C)CC[C@H](O)C(C)(C)[C@@H]5CC[C@]43C)[C@H]12. The van der Waals surface area contributed by atoms with Crippen molar-refractivity contribution in [2.45, 2.75) is 157 Å². The minimum Gasteiger partial charge on any atom is -0.393 e. The van der Waals surface area contributed by atoms with Gasteiger partial charge in [-0.15, -0.1) is 0 Å². The van der Waals surface area contributed by atoms with Gasteiger partial charge in [0.05, 0.1) is 54.8 Å². The lowest BCUT2D eigenvalue weighted by Gasteiger charge is -2.71. The van der Waals surface area contributed by atoms with Crippen LogP contribution in [0.2, 0.25) is 0 Å². The average molecular weight is 957 g/mol. The van der Waals surface area contributed by atoms with E-state index in [4.69, 9.17) is 14.2 Å². The van der Waals surface area contributed by atoms with Gasteiger partial charge in [-0.2, -0.15) is 0 Å². The summed E-state index contributed by atoms with van der Waals surface area (Å²) in [4.78, 5) is 78.4. The van der Waals surface area contributed by atoms with Crippen LogP contribution < -0.4 is 16.0 Å². The Morgan fingerprint density at radius 2 is 1.52 bits per heavy atom. The van der Waals surface area contributed by atoms with E-state index in [-0.39, 0.29) is 94.5 Å². The third-order valence-corrected chi connectivity index (χ3v) is 19.6. The lowest BCUT2D eigenvalue weighted by atomic mass is 9.33. The van der Waals surface area contributed by atoms with Crippen molar-refractivity contribution in [2.24, 2.45) is 56.7 Å². The van der Waals surface area contributed by atoms with Gasteiger partial charge in [-0.3, -0.25) is 39.0 Å². The molecule has 11 atom stereocenters. The number of aliphatic hydroxyl groups is 1. The summed E-state index contributed by atoms with van der Waals surface area (Å²) in [6, 6.07) is 3.41. The van der Waals surface area contributed by atoms with E-state index in [2.05, 4.69) is 70.5 Å². The second-order valence-electron chi connectivity index (χ2n) is 23.4. The van der Waals surface area contributed by atoms with Crippen LogP contribution in [0.1, 0.15) is 165 Å². The number of rotatable bonds is 18. The predicted octanol–water partition coefficient (Wildman–Crippen LogP) is 7.77. The molecular weight excluding hydrogens is 877 g/mol. The lowest BCUT2D eigenvalue weighted by Crippen LogP contribution is -2.66. The van der Waals surface area contributed by atoms with Crippen LogP contribution in [0.3, 0.4) is 0 Å². The third-order valence-electron chi connectivity index (χ3n) is 19.6. The number of imide groups is 2. The molecule has 0 spiro atoms. The molecule has 380 valence electrons. The van der Waals surface area contributed by atoms with Gasteiger partial charge < -0.3 is 30.0 Å². The fourth-order valence-corrected chi connectivity index (χ4v) is 15.3. The minimum atomic E-state index is -1.10. The van der Waals surface area contributed by atoms with E-state index in [0.717, 1.165) is 75.5 Å². The van der Waals surface area contributed by atoms with E-state index in [9.17, 15) is 33.9 Å². The largest absolute Gasteiger partial charge is 0.393 e. The fraction of sp³-hybridized carbons (Fsp3) is 0.745. The standard InChI is InChI=1S/C55H80N4O10/c1-34-19-24-55(26-25-53(6)37(46(55)35(34)2)15-17-41-52(5)22-21-42(60)51(3,4)40(52)20-23-54(41,53)7)50(66)56-27-10-8-9-11-28-67-29-30-68-31-32-69-33-44(62)57-38-14-12-13-36-45(38)49(65)59(48(36)64)39-16-18-43(61)58-47(39)63/h12-15,34-35,39-42,46,60H,8-11,16-33H2,1-7H3,(H,56,66)(H,57,62)(H,58,61,63)/t34-,35+,39?,40+,41-,42+,46+,52+,53-,54-,55+/m1/s1. The van der Waals surface area contributed by atoms with E-state index >= 15 is 0 Å². The Morgan fingerprint density at radius 1 is 0.797 bits per heavy atom. The van der Waals surface area contributed by atoms with E-state index < -0.39 is 35.6 Å². The fourth-order valence-electron chi connectivity index (χ4n) is 15.3. The molecule has 1 saturated heterocycles. The zero-order chi connectivity index (χ0) is 49.5. The number of carbonyl (C=O) groups is 6. The van der Waals surface area contributed by atoms with Gasteiger partial charge in [0, 0.05) is 19.6 Å². The van der Waals surface area contributed by atoms with Crippen molar-refractivity contribution in [1.29, 1.82) is 0 Å². The number of anilines is 1. The summed E-state index contributed by atoms with van der Waals surface area (Å²) < 4.78 is 16.9. The Balaban J connectivity index is 0.709. The zero-order valence-electron chi connectivity index (χ0n) is 42.5. The molecule has 14 heteroatoms. The minimum absolute atomic E-state index is 0.000380. The van der Waals surface area contributed by atoms with Crippen molar-refractivity contribution >= 4 is 41.1 Å². The van der Waals surface area contributed by atoms with Crippen LogP contribution >= 0.6 is 0 Å². The Labute approximate surface area is 409 Å². The van der Waals surface area contributed by atoms with Crippen LogP contribution in [0.5, 0.6) is 0 Å². The summed E-state index contributed by atoms with van der Waals surface area (Å²) in [6.07, 6.45) is 16.0. The molecule has 69 heavy (non-hydrogen) atoms. The van der Waals surface area contributed by atoms with Gasteiger partial charge in [0.1, 0.15) is 12.6 Å². The molecule has 5 aliphatic carbocycles. The first-order chi connectivity index (χ1) is 32.8. The Morgan fingerprint density at radius 3 is 2.28 bits per heavy atom. The molecule has 2 aliphatic heterocycles. The van der Waals surface area contributed by atoms with E-state index in [0.29, 0.717) is 50.0 Å². The Hall–Kier alpha value is -3.98. The number of hydrogen-bond donors (Lipinski definition) is 4. The normalized spacial score (nSPS) is 35.7. The second-order valence-corrected chi connectivity index (χ2v) is 23.4. The molecule has 8 rings (SSSR count). The number of hydrogen-bond acceptors (Lipinski definition) is 10. The highest BCUT2D eigenvalue weighted by Crippen LogP contribution is 2.75. The van der Waals surface area contributed by atoms with Crippen molar-refractivity contribution < 1.29 is 48.1 Å². The molecule has 1 aromatic rings. The quantitative estimate of drug-likeness (QED) is 0.0643. The number of allylic oxidation sites excluding steroid dienone is 2. The van der Waals surface area contributed by atoms with E-state index in [1.807, 2.05) is 0 Å². The molecule has 5 fully saturated rings. The number of carbonyl (C=O) groups excluding carboxylic acids is 6.